The Labute approximate surface area is 106 Å². The lowest BCUT2D eigenvalue weighted by molar-refractivity contribution is 0.219. The Kier molecular flexibility index (Phi) is 6.45. The van der Waals surface area contributed by atoms with Crippen LogP contribution >= 0.6 is 15.9 Å². The molecule has 90 valence electrons. The molecule has 0 heterocycles. The van der Waals surface area contributed by atoms with Crippen LogP contribution in [0.5, 0.6) is 5.75 Å². The highest BCUT2D eigenvalue weighted by molar-refractivity contribution is 9.10. The number of rotatable bonds is 7. The summed E-state index contributed by atoms with van der Waals surface area (Å²) in [5.41, 5.74) is 5.52. The standard InChI is InChI=1S/C12H19BrN2O/c1-2-15(8-7-14)9-10-16-12-5-3-11(13)4-6-12/h3-6H,2,7-10,14H2,1H3. The first-order valence-corrected chi connectivity index (χ1v) is 6.36. The topological polar surface area (TPSA) is 38.5 Å². The molecule has 0 spiro atoms. The van der Waals surface area contributed by atoms with Gasteiger partial charge in [-0.3, -0.25) is 4.90 Å². The molecule has 3 nitrogen and oxygen atoms in total. The van der Waals surface area contributed by atoms with Crippen LogP contribution in [0.15, 0.2) is 28.7 Å². The van der Waals surface area contributed by atoms with Gasteiger partial charge < -0.3 is 10.5 Å². The van der Waals surface area contributed by atoms with E-state index in [0.717, 1.165) is 29.9 Å². The van der Waals surface area contributed by atoms with Crippen LogP contribution in [0, 0.1) is 0 Å². The van der Waals surface area contributed by atoms with Gasteiger partial charge in [0.05, 0.1) is 0 Å². The van der Waals surface area contributed by atoms with Gasteiger partial charge in [-0.25, -0.2) is 0 Å². The Morgan fingerprint density at radius 3 is 2.50 bits per heavy atom. The van der Waals surface area contributed by atoms with E-state index < -0.39 is 0 Å². The number of halogens is 1. The van der Waals surface area contributed by atoms with Crippen molar-refractivity contribution in [1.82, 2.24) is 4.90 Å². The number of nitrogens with zero attached hydrogens (tertiary/aromatic N) is 1. The Hall–Kier alpha value is -0.580. The summed E-state index contributed by atoms with van der Waals surface area (Å²) >= 11 is 3.39. The van der Waals surface area contributed by atoms with Gasteiger partial charge in [0.15, 0.2) is 0 Å². The van der Waals surface area contributed by atoms with Crippen molar-refractivity contribution in [1.29, 1.82) is 0 Å². The van der Waals surface area contributed by atoms with E-state index in [1.54, 1.807) is 0 Å². The van der Waals surface area contributed by atoms with Crippen LogP contribution in [-0.2, 0) is 0 Å². The minimum atomic E-state index is 0.701. The molecule has 0 atom stereocenters. The third-order valence-electron chi connectivity index (χ3n) is 2.38. The van der Waals surface area contributed by atoms with Gasteiger partial charge in [-0.1, -0.05) is 22.9 Å². The Morgan fingerprint density at radius 1 is 1.25 bits per heavy atom. The van der Waals surface area contributed by atoms with Crippen LogP contribution in [0.4, 0.5) is 0 Å². The summed E-state index contributed by atoms with van der Waals surface area (Å²) in [7, 11) is 0. The summed E-state index contributed by atoms with van der Waals surface area (Å²) in [5, 5.41) is 0. The molecule has 0 aliphatic rings. The largest absolute Gasteiger partial charge is 0.492 e. The molecular formula is C12H19BrN2O. The van der Waals surface area contributed by atoms with E-state index in [0.29, 0.717) is 13.2 Å². The number of likely N-dealkylation sites (N-methyl/N-ethyl adjacent to an activating group) is 1. The van der Waals surface area contributed by atoms with Crippen molar-refractivity contribution in [3.63, 3.8) is 0 Å². The van der Waals surface area contributed by atoms with E-state index in [9.17, 15) is 0 Å². The molecule has 0 saturated carbocycles. The minimum absolute atomic E-state index is 0.701. The Balaban J connectivity index is 2.26. The summed E-state index contributed by atoms with van der Waals surface area (Å²) in [6.45, 7) is 6.40. The molecule has 0 radical (unpaired) electrons. The zero-order valence-corrected chi connectivity index (χ0v) is 11.2. The van der Waals surface area contributed by atoms with Crippen LogP contribution in [0.3, 0.4) is 0 Å². The molecule has 0 aromatic heterocycles. The van der Waals surface area contributed by atoms with Crippen molar-refractivity contribution in [2.24, 2.45) is 5.73 Å². The van der Waals surface area contributed by atoms with Crippen LogP contribution in [0.1, 0.15) is 6.92 Å². The van der Waals surface area contributed by atoms with Crippen molar-refractivity contribution in [2.75, 3.05) is 32.8 Å². The summed E-state index contributed by atoms with van der Waals surface area (Å²) < 4.78 is 6.70. The third-order valence-corrected chi connectivity index (χ3v) is 2.91. The highest BCUT2D eigenvalue weighted by atomic mass is 79.9. The van der Waals surface area contributed by atoms with Gasteiger partial charge in [-0.2, -0.15) is 0 Å². The van der Waals surface area contributed by atoms with Crippen LogP contribution < -0.4 is 10.5 Å². The lowest BCUT2D eigenvalue weighted by Crippen LogP contribution is -2.32. The maximum atomic E-state index is 5.64. The summed E-state index contributed by atoms with van der Waals surface area (Å²) in [6, 6.07) is 7.88. The molecular weight excluding hydrogens is 268 g/mol. The van der Waals surface area contributed by atoms with Crippen molar-refractivity contribution in [3.8, 4) is 5.75 Å². The van der Waals surface area contributed by atoms with Gasteiger partial charge in [-0.05, 0) is 30.8 Å². The predicted octanol–water partition coefficient (Wildman–Crippen LogP) is 2.11. The molecule has 16 heavy (non-hydrogen) atoms. The van der Waals surface area contributed by atoms with Gasteiger partial charge in [-0.15, -0.1) is 0 Å². The smallest absolute Gasteiger partial charge is 0.119 e. The van der Waals surface area contributed by atoms with Crippen molar-refractivity contribution >= 4 is 15.9 Å². The normalized spacial score (nSPS) is 10.8. The molecule has 0 fully saturated rings. The first kappa shape index (κ1) is 13.5. The van der Waals surface area contributed by atoms with E-state index in [4.69, 9.17) is 10.5 Å². The minimum Gasteiger partial charge on any atom is -0.492 e. The van der Waals surface area contributed by atoms with E-state index in [1.807, 2.05) is 24.3 Å². The van der Waals surface area contributed by atoms with Crippen molar-refractivity contribution in [3.05, 3.63) is 28.7 Å². The summed E-state index contributed by atoms with van der Waals surface area (Å²) in [6.07, 6.45) is 0. The fourth-order valence-corrected chi connectivity index (χ4v) is 1.70. The number of hydrogen-bond acceptors (Lipinski definition) is 3. The molecule has 1 aromatic carbocycles. The molecule has 1 aromatic rings. The molecule has 0 unspecified atom stereocenters. The number of nitrogens with two attached hydrogens (primary N) is 1. The average molecular weight is 287 g/mol. The van der Waals surface area contributed by atoms with Crippen LogP contribution in [0.2, 0.25) is 0 Å². The number of benzene rings is 1. The van der Waals surface area contributed by atoms with E-state index in [1.165, 1.54) is 0 Å². The van der Waals surface area contributed by atoms with Gasteiger partial charge in [0, 0.05) is 24.1 Å². The Morgan fingerprint density at radius 2 is 1.94 bits per heavy atom. The zero-order chi connectivity index (χ0) is 11.8. The molecule has 0 aliphatic heterocycles. The monoisotopic (exact) mass is 286 g/mol. The lowest BCUT2D eigenvalue weighted by atomic mass is 10.3. The van der Waals surface area contributed by atoms with Crippen molar-refractivity contribution in [2.45, 2.75) is 6.92 Å². The SMILES string of the molecule is CCN(CCN)CCOc1ccc(Br)cc1. The fourth-order valence-electron chi connectivity index (χ4n) is 1.43. The highest BCUT2D eigenvalue weighted by Gasteiger charge is 2.00. The highest BCUT2D eigenvalue weighted by Crippen LogP contribution is 2.15. The Bertz CT molecular complexity index is 290. The van der Waals surface area contributed by atoms with Gasteiger partial charge >= 0.3 is 0 Å². The first-order valence-electron chi connectivity index (χ1n) is 5.57. The zero-order valence-electron chi connectivity index (χ0n) is 9.66. The lowest BCUT2D eigenvalue weighted by Gasteiger charge is -2.19. The summed E-state index contributed by atoms with van der Waals surface area (Å²) in [5.74, 6) is 0.909. The quantitative estimate of drug-likeness (QED) is 0.834. The molecule has 1 rings (SSSR count). The summed E-state index contributed by atoms with van der Waals surface area (Å²) in [4.78, 5) is 2.28. The van der Waals surface area contributed by atoms with Crippen molar-refractivity contribution < 1.29 is 4.74 Å². The number of ether oxygens (including phenoxy) is 1. The van der Waals surface area contributed by atoms with Gasteiger partial charge in [0.2, 0.25) is 0 Å². The van der Waals surface area contributed by atoms with E-state index in [-0.39, 0.29) is 0 Å². The molecule has 4 heteroatoms. The van der Waals surface area contributed by atoms with Crippen LogP contribution in [0.25, 0.3) is 0 Å². The molecule has 0 amide bonds. The second kappa shape index (κ2) is 7.65. The maximum Gasteiger partial charge on any atom is 0.119 e. The fraction of sp³-hybridized carbons (Fsp3) is 0.500. The van der Waals surface area contributed by atoms with Gasteiger partial charge in [0.25, 0.3) is 0 Å². The number of hydrogen-bond donors (Lipinski definition) is 1. The molecule has 0 saturated heterocycles. The average Bonchev–Trinajstić information content (AvgIpc) is 2.30. The second-order valence-electron chi connectivity index (χ2n) is 3.53. The van der Waals surface area contributed by atoms with Gasteiger partial charge in [0.1, 0.15) is 12.4 Å². The first-order chi connectivity index (χ1) is 7.76. The van der Waals surface area contributed by atoms with E-state index >= 15 is 0 Å². The molecule has 0 aliphatic carbocycles. The van der Waals surface area contributed by atoms with E-state index in [2.05, 4.69) is 27.8 Å². The molecule has 2 N–H and O–H groups in total. The van der Waals surface area contributed by atoms with Crippen LogP contribution in [-0.4, -0.2) is 37.7 Å². The predicted molar refractivity (Wildman–Crippen MR) is 70.8 cm³/mol. The second-order valence-corrected chi connectivity index (χ2v) is 4.44. The maximum absolute atomic E-state index is 5.64. The third kappa shape index (κ3) is 4.96. The molecule has 0 bridgehead atoms.